The van der Waals surface area contributed by atoms with Gasteiger partial charge in [-0.05, 0) is 30.5 Å². The van der Waals surface area contributed by atoms with Crippen molar-refractivity contribution >= 4 is 22.4 Å². The number of nitrogens with zero attached hydrogens (tertiary/aromatic N) is 4. The Balaban J connectivity index is 1.73. The van der Waals surface area contributed by atoms with Crippen LogP contribution in [-0.2, 0) is 6.54 Å². The highest BCUT2D eigenvalue weighted by Crippen LogP contribution is 2.21. The summed E-state index contributed by atoms with van der Waals surface area (Å²) in [4.78, 5) is 21.9. The number of fused-ring (bicyclic) bond motifs is 1. The molecular formula is C16H12N4O2S. The van der Waals surface area contributed by atoms with Gasteiger partial charge in [-0.25, -0.2) is 14.8 Å². The molecule has 0 bridgehead atoms. The fourth-order valence-electron chi connectivity index (χ4n) is 2.32. The molecule has 0 aliphatic rings. The minimum atomic E-state index is -0.497. The number of rotatable bonds is 3. The molecule has 4 rings (SSSR count). The SMILES string of the molecule is Cc1nc2ccccc2nc1Cn1nc(-c2cccs2)oc1=O. The summed E-state index contributed by atoms with van der Waals surface area (Å²) in [7, 11) is 0. The molecule has 0 amide bonds. The van der Waals surface area contributed by atoms with Gasteiger partial charge in [0.25, 0.3) is 5.89 Å². The molecule has 0 aliphatic carbocycles. The third-order valence-corrected chi connectivity index (χ3v) is 4.34. The second-order valence-corrected chi connectivity index (χ2v) is 6.00. The van der Waals surface area contributed by atoms with Crippen molar-refractivity contribution in [3.8, 4) is 10.8 Å². The highest BCUT2D eigenvalue weighted by molar-refractivity contribution is 7.13. The first-order valence-corrected chi connectivity index (χ1v) is 7.93. The lowest BCUT2D eigenvalue weighted by atomic mass is 10.2. The van der Waals surface area contributed by atoms with Crippen molar-refractivity contribution in [3.05, 3.63) is 63.7 Å². The molecule has 0 unspecified atom stereocenters. The summed E-state index contributed by atoms with van der Waals surface area (Å²) < 4.78 is 6.50. The molecule has 0 radical (unpaired) electrons. The average Bonchev–Trinajstić information content (AvgIpc) is 3.18. The summed E-state index contributed by atoms with van der Waals surface area (Å²) >= 11 is 1.47. The van der Waals surface area contributed by atoms with E-state index in [0.29, 0.717) is 11.6 Å². The Bertz CT molecular complexity index is 1030. The fraction of sp³-hybridized carbons (Fsp3) is 0.125. The third kappa shape index (κ3) is 2.55. The molecule has 7 heteroatoms. The van der Waals surface area contributed by atoms with Crippen LogP contribution >= 0.6 is 11.3 Å². The second-order valence-electron chi connectivity index (χ2n) is 5.05. The van der Waals surface area contributed by atoms with Crippen LogP contribution in [0.5, 0.6) is 0 Å². The van der Waals surface area contributed by atoms with Crippen LogP contribution in [0.25, 0.3) is 21.8 Å². The molecule has 3 aromatic heterocycles. The van der Waals surface area contributed by atoms with Gasteiger partial charge < -0.3 is 4.42 Å². The van der Waals surface area contributed by atoms with E-state index in [-0.39, 0.29) is 6.54 Å². The summed E-state index contributed by atoms with van der Waals surface area (Å²) in [6.07, 6.45) is 0. The van der Waals surface area contributed by atoms with Crippen LogP contribution in [0, 0.1) is 6.92 Å². The van der Waals surface area contributed by atoms with Crippen LogP contribution in [0.4, 0.5) is 0 Å². The predicted molar refractivity (Wildman–Crippen MR) is 87.5 cm³/mol. The molecule has 0 saturated heterocycles. The highest BCUT2D eigenvalue weighted by Gasteiger charge is 2.13. The number of thiophene rings is 1. The smallest absolute Gasteiger partial charge is 0.387 e. The summed E-state index contributed by atoms with van der Waals surface area (Å²) in [5.41, 5.74) is 3.11. The van der Waals surface area contributed by atoms with E-state index < -0.39 is 5.76 Å². The molecule has 0 aliphatic heterocycles. The first-order valence-electron chi connectivity index (χ1n) is 7.05. The van der Waals surface area contributed by atoms with Gasteiger partial charge in [-0.3, -0.25) is 0 Å². The third-order valence-electron chi connectivity index (χ3n) is 3.48. The summed E-state index contributed by atoms with van der Waals surface area (Å²) in [6.45, 7) is 2.11. The van der Waals surface area contributed by atoms with Gasteiger partial charge in [0.2, 0.25) is 0 Å². The molecule has 0 atom stereocenters. The molecule has 4 aromatic rings. The van der Waals surface area contributed by atoms with Crippen molar-refractivity contribution in [2.75, 3.05) is 0 Å². The van der Waals surface area contributed by atoms with Crippen molar-refractivity contribution in [3.63, 3.8) is 0 Å². The molecular weight excluding hydrogens is 312 g/mol. The zero-order valence-electron chi connectivity index (χ0n) is 12.3. The standard InChI is InChI=1S/C16H12N4O2S/c1-10-13(18-12-6-3-2-5-11(12)17-10)9-20-16(21)22-15(19-20)14-7-4-8-23-14/h2-8H,9H2,1H3. The quantitative estimate of drug-likeness (QED) is 0.579. The number of hydrogen-bond acceptors (Lipinski definition) is 6. The zero-order valence-corrected chi connectivity index (χ0v) is 13.1. The normalized spacial score (nSPS) is 11.2. The molecule has 0 fully saturated rings. The largest absolute Gasteiger partial charge is 0.437 e. The van der Waals surface area contributed by atoms with E-state index in [9.17, 15) is 4.79 Å². The molecule has 114 valence electrons. The summed E-state index contributed by atoms with van der Waals surface area (Å²) in [6, 6.07) is 11.4. The van der Waals surface area contributed by atoms with Gasteiger partial charge in [0.05, 0.1) is 33.8 Å². The van der Waals surface area contributed by atoms with E-state index in [4.69, 9.17) is 4.42 Å². The Morgan fingerprint density at radius 3 is 2.65 bits per heavy atom. The van der Waals surface area contributed by atoms with E-state index in [1.165, 1.54) is 16.0 Å². The van der Waals surface area contributed by atoms with E-state index in [1.807, 2.05) is 48.7 Å². The average molecular weight is 324 g/mol. The lowest BCUT2D eigenvalue weighted by Crippen LogP contribution is -2.18. The van der Waals surface area contributed by atoms with E-state index >= 15 is 0 Å². The molecule has 0 saturated carbocycles. The van der Waals surface area contributed by atoms with Gasteiger partial charge in [0.15, 0.2) is 0 Å². The van der Waals surface area contributed by atoms with E-state index in [2.05, 4.69) is 15.1 Å². The summed E-state index contributed by atoms with van der Waals surface area (Å²) in [5.74, 6) is -0.167. The minimum absolute atomic E-state index is 0.234. The minimum Gasteiger partial charge on any atom is -0.387 e. The van der Waals surface area contributed by atoms with Gasteiger partial charge >= 0.3 is 5.76 Å². The van der Waals surface area contributed by atoms with Crippen LogP contribution < -0.4 is 5.76 Å². The topological polar surface area (TPSA) is 73.8 Å². The Kier molecular flexibility index (Phi) is 3.27. The van der Waals surface area contributed by atoms with Crippen LogP contribution in [0.3, 0.4) is 0 Å². The molecule has 1 aromatic carbocycles. The van der Waals surface area contributed by atoms with Gasteiger partial charge in [0, 0.05) is 0 Å². The number of para-hydroxylation sites is 2. The molecule has 6 nitrogen and oxygen atoms in total. The van der Waals surface area contributed by atoms with Crippen LogP contribution in [0.2, 0.25) is 0 Å². The molecule has 0 N–H and O–H groups in total. The Hall–Kier alpha value is -2.80. The van der Waals surface area contributed by atoms with Gasteiger partial charge in [-0.1, -0.05) is 18.2 Å². The Morgan fingerprint density at radius 2 is 1.91 bits per heavy atom. The Labute approximate surface area is 135 Å². The maximum atomic E-state index is 12.0. The van der Waals surface area contributed by atoms with E-state index in [1.54, 1.807) is 0 Å². The number of benzene rings is 1. The van der Waals surface area contributed by atoms with Crippen LogP contribution in [0.15, 0.2) is 51.0 Å². The lowest BCUT2D eigenvalue weighted by molar-refractivity contribution is 0.493. The van der Waals surface area contributed by atoms with Gasteiger partial charge in [-0.15, -0.1) is 16.4 Å². The fourth-order valence-corrected chi connectivity index (χ4v) is 2.97. The van der Waals surface area contributed by atoms with Crippen molar-refractivity contribution in [1.29, 1.82) is 0 Å². The van der Waals surface area contributed by atoms with Gasteiger partial charge in [-0.2, -0.15) is 4.68 Å². The predicted octanol–water partition coefficient (Wildman–Crippen LogP) is 2.86. The zero-order chi connectivity index (χ0) is 15.8. The van der Waals surface area contributed by atoms with Crippen molar-refractivity contribution in [2.45, 2.75) is 13.5 Å². The molecule has 0 spiro atoms. The number of hydrogen-bond donors (Lipinski definition) is 0. The van der Waals surface area contributed by atoms with Crippen LogP contribution in [-0.4, -0.2) is 19.7 Å². The first-order chi connectivity index (χ1) is 11.2. The van der Waals surface area contributed by atoms with Crippen LogP contribution in [0.1, 0.15) is 11.4 Å². The maximum Gasteiger partial charge on any atom is 0.437 e. The van der Waals surface area contributed by atoms with Crippen molar-refractivity contribution < 1.29 is 4.42 Å². The van der Waals surface area contributed by atoms with Gasteiger partial charge in [0.1, 0.15) is 0 Å². The Morgan fingerprint density at radius 1 is 1.13 bits per heavy atom. The monoisotopic (exact) mass is 324 g/mol. The van der Waals surface area contributed by atoms with Crippen molar-refractivity contribution in [2.24, 2.45) is 0 Å². The maximum absolute atomic E-state index is 12.0. The van der Waals surface area contributed by atoms with E-state index in [0.717, 1.165) is 21.6 Å². The highest BCUT2D eigenvalue weighted by atomic mass is 32.1. The summed E-state index contributed by atoms with van der Waals surface area (Å²) in [5, 5.41) is 6.16. The molecule has 23 heavy (non-hydrogen) atoms. The number of aromatic nitrogens is 4. The van der Waals surface area contributed by atoms with Crippen molar-refractivity contribution in [1.82, 2.24) is 19.7 Å². The molecule has 3 heterocycles. The second kappa shape index (κ2) is 5.44. The first kappa shape index (κ1) is 13.8. The lowest BCUT2D eigenvalue weighted by Gasteiger charge is -2.05. The number of aryl methyl sites for hydroxylation is 1.